The van der Waals surface area contributed by atoms with Gasteiger partial charge < -0.3 is 9.64 Å². The molecule has 0 bridgehead atoms. The molecule has 0 spiro atoms. The topological polar surface area (TPSA) is 46.6 Å². The van der Waals surface area contributed by atoms with Crippen LogP contribution in [0.3, 0.4) is 0 Å². The maximum Gasteiger partial charge on any atom is 0.311 e. The maximum absolute atomic E-state index is 12.9. The third-order valence-electron chi connectivity index (χ3n) is 3.93. The molecular weight excluding hydrogens is 273 g/mol. The van der Waals surface area contributed by atoms with Crippen molar-refractivity contribution in [3.05, 3.63) is 35.6 Å². The van der Waals surface area contributed by atoms with Crippen LogP contribution < -0.4 is 0 Å². The molecule has 4 nitrogen and oxygen atoms in total. The Kier molecular flexibility index (Phi) is 4.94. The molecule has 0 N–H and O–H groups in total. The summed E-state index contributed by atoms with van der Waals surface area (Å²) in [7, 11) is 0. The first-order valence-corrected chi connectivity index (χ1v) is 7.27. The Morgan fingerprint density at radius 3 is 2.62 bits per heavy atom. The van der Waals surface area contributed by atoms with E-state index in [1.54, 1.807) is 11.8 Å². The summed E-state index contributed by atoms with van der Waals surface area (Å²) in [4.78, 5) is 26.1. The number of amides is 1. The van der Waals surface area contributed by atoms with E-state index < -0.39 is 0 Å². The molecule has 1 fully saturated rings. The SMILES string of the molecule is CCOC(=O)C1CCCN(C(=O)c2ccc(F)cc2)[C@@H]1C. The lowest BCUT2D eigenvalue weighted by molar-refractivity contribution is -0.151. The second-order valence-electron chi connectivity index (χ2n) is 5.25. The van der Waals surface area contributed by atoms with Gasteiger partial charge in [0.1, 0.15) is 5.82 Å². The van der Waals surface area contributed by atoms with E-state index in [1.165, 1.54) is 24.3 Å². The molecule has 1 aliphatic rings. The van der Waals surface area contributed by atoms with Crippen LogP contribution in [0.1, 0.15) is 37.0 Å². The van der Waals surface area contributed by atoms with Gasteiger partial charge >= 0.3 is 5.97 Å². The minimum Gasteiger partial charge on any atom is -0.466 e. The molecule has 1 saturated heterocycles. The van der Waals surface area contributed by atoms with Crippen molar-refractivity contribution in [1.29, 1.82) is 0 Å². The van der Waals surface area contributed by atoms with Crippen molar-refractivity contribution in [1.82, 2.24) is 4.90 Å². The van der Waals surface area contributed by atoms with Gasteiger partial charge in [0.25, 0.3) is 5.91 Å². The lowest BCUT2D eigenvalue weighted by Gasteiger charge is -2.38. The number of hydrogen-bond donors (Lipinski definition) is 0. The van der Waals surface area contributed by atoms with Gasteiger partial charge in [-0.05, 0) is 51.0 Å². The van der Waals surface area contributed by atoms with Gasteiger partial charge in [0.05, 0.1) is 12.5 Å². The van der Waals surface area contributed by atoms with Crippen molar-refractivity contribution in [2.75, 3.05) is 13.2 Å². The second-order valence-corrected chi connectivity index (χ2v) is 5.25. The maximum atomic E-state index is 12.9. The number of ether oxygens (including phenoxy) is 1. The molecule has 0 saturated carbocycles. The number of benzene rings is 1. The monoisotopic (exact) mass is 293 g/mol. The van der Waals surface area contributed by atoms with Gasteiger partial charge in [-0.2, -0.15) is 0 Å². The molecule has 114 valence electrons. The second kappa shape index (κ2) is 6.70. The summed E-state index contributed by atoms with van der Waals surface area (Å²) < 4.78 is 18.0. The first-order valence-electron chi connectivity index (χ1n) is 7.27. The lowest BCUT2D eigenvalue weighted by atomic mass is 9.89. The Morgan fingerprint density at radius 2 is 2.00 bits per heavy atom. The number of carbonyl (C=O) groups excluding carboxylic acids is 2. The highest BCUT2D eigenvalue weighted by Crippen LogP contribution is 2.26. The molecule has 1 heterocycles. The minimum atomic E-state index is -0.373. The fourth-order valence-corrected chi connectivity index (χ4v) is 2.75. The Balaban J connectivity index is 2.13. The highest BCUT2D eigenvalue weighted by atomic mass is 19.1. The zero-order chi connectivity index (χ0) is 15.4. The van der Waals surface area contributed by atoms with E-state index >= 15 is 0 Å². The highest BCUT2D eigenvalue weighted by molar-refractivity contribution is 5.94. The fraction of sp³-hybridized carbons (Fsp3) is 0.500. The molecule has 1 aromatic rings. The summed E-state index contributed by atoms with van der Waals surface area (Å²) in [5.74, 6) is -1.08. The van der Waals surface area contributed by atoms with Crippen molar-refractivity contribution in [3.63, 3.8) is 0 Å². The molecule has 1 amide bonds. The molecule has 0 radical (unpaired) electrons. The summed E-state index contributed by atoms with van der Waals surface area (Å²) in [6.45, 7) is 4.58. The molecule has 1 aromatic carbocycles. The molecule has 21 heavy (non-hydrogen) atoms. The van der Waals surface area contributed by atoms with Crippen LogP contribution in [0.15, 0.2) is 24.3 Å². The normalized spacial score (nSPS) is 22.0. The smallest absolute Gasteiger partial charge is 0.311 e. The van der Waals surface area contributed by atoms with Crippen molar-refractivity contribution < 1.29 is 18.7 Å². The van der Waals surface area contributed by atoms with Crippen LogP contribution in [-0.2, 0) is 9.53 Å². The van der Waals surface area contributed by atoms with Crippen LogP contribution in [-0.4, -0.2) is 36.0 Å². The number of nitrogens with zero attached hydrogens (tertiary/aromatic N) is 1. The van der Waals surface area contributed by atoms with Gasteiger partial charge in [-0.3, -0.25) is 9.59 Å². The van der Waals surface area contributed by atoms with Crippen molar-refractivity contribution in [2.45, 2.75) is 32.7 Å². The molecule has 2 atom stereocenters. The summed E-state index contributed by atoms with van der Waals surface area (Å²) >= 11 is 0. The fourth-order valence-electron chi connectivity index (χ4n) is 2.75. The van der Waals surface area contributed by atoms with Crippen LogP contribution in [0.5, 0.6) is 0 Å². The van der Waals surface area contributed by atoms with E-state index in [1.807, 2.05) is 6.92 Å². The first kappa shape index (κ1) is 15.5. The van der Waals surface area contributed by atoms with E-state index in [0.717, 1.165) is 12.8 Å². The summed E-state index contributed by atoms with van der Waals surface area (Å²) in [5, 5.41) is 0. The Labute approximate surface area is 123 Å². The van der Waals surface area contributed by atoms with E-state index in [0.29, 0.717) is 18.7 Å². The van der Waals surface area contributed by atoms with Gasteiger partial charge in [0, 0.05) is 18.2 Å². The Hall–Kier alpha value is -1.91. The van der Waals surface area contributed by atoms with Gasteiger partial charge in [-0.25, -0.2) is 4.39 Å². The van der Waals surface area contributed by atoms with Crippen LogP contribution in [0, 0.1) is 11.7 Å². The Bertz CT molecular complexity index is 515. The van der Waals surface area contributed by atoms with E-state index in [4.69, 9.17) is 4.74 Å². The number of piperidine rings is 1. The van der Waals surface area contributed by atoms with Gasteiger partial charge in [0.15, 0.2) is 0 Å². The summed E-state index contributed by atoms with van der Waals surface area (Å²) in [6.07, 6.45) is 1.49. The summed E-state index contributed by atoms with van der Waals surface area (Å²) in [6, 6.07) is 5.27. The number of rotatable bonds is 3. The number of esters is 1. The minimum absolute atomic E-state index is 0.170. The zero-order valence-corrected chi connectivity index (χ0v) is 12.3. The van der Waals surface area contributed by atoms with E-state index in [9.17, 15) is 14.0 Å². The average Bonchev–Trinajstić information content (AvgIpc) is 2.48. The highest BCUT2D eigenvalue weighted by Gasteiger charge is 2.36. The van der Waals surface area contributed by atoms with Crippen molar-refractivity contribution in [2.24, 2.45) is 5.92 Å². The van der Waals surface area contributed by atoms with Crippen molar-refractivity contribution in [3.8, 4) is 0 Å². The third kappa shape index (κ3) is 3.40. The van der Waals surface area contributed by atoms with E-state index in [2.05, 4.69) is 0 Å². The van der Waals surface area contributed by atoms with E-state index in [-0.39, 0.29) is 29.7 Å². The zero-order valence-electron chi connectivity index (χ0n) is 12.3. The predicted molar refractivity (Wildman–Crippen MR) is 76.3 cm³/mol. The lowest BCUT2D eigenvalue weighted by Crippen LogP contribution is -2.49. The van der Waals surface area contributed by atoms with Crippen LogP contribution >= 0.6 is 0 Å². The summed E-state index contributed by atoms with van der Waals surface area (Å²) in [5.41, 5.74) is 0.438. The largest absolute Gasteiger partial charge is 0.466 e. The third-order valence-corrected chi connectivity index (χ3v) is 3.93. The Morgan fingerprint density at radius 1 is 1.33 bits per heavy atom. The average molecular weight is 293 g/mol. The standard InChI is InChI=1S/C16H20FNO3/c1-3-21-16(20)14-5-4-10-18(11(14)2)15(19)12-6-8-13(17)9-7-12/h6-9,11,14H,3-5,10H2,1-2H3/t11-,14?/m1/s1. The predicted octanol–water partition coefficient (Wildman–Crippen LogP) is 2.63. The first-order chi connectivity index (χ1) is 10.0. The number of carbonyl (C=O) groups is 2. The molecule has 1 aliphatic heterocycles. The molecule has 1 unspecified atom stereocenters. The van der Waals surface area contributed by atoms with Crippen LogP contribution in [0.4, 0.5) is 4.39 Å². The van der Waals surface area contributed by atoms with Gasteiger partial charge in [-0.1, -0.05) is 0 Å². The van der Waals surface area contributed by atoms with Crippen LogP contribution in [0.25, 0.3) is 0 Å². The van der Waals surface area contributed by atoms with Crippen molar-refractivity contribution >= 4 is 11.9 Å². The molecule has 5 heteroatoms. The number of halogens is 1. The molecule has 0 aromatic heterocycles. The van der Waals surface area contributed by atoms with Gasteiger partial charge in [-0.15, -0.1) is 0 Å². The molecule has 0 aliphatic carbocycles. The van der Waals surface area contributed by atoms with Gasteiger partial charge in [0.2, 0.25) is 0 Å². The molecular formula is C16H20FNO3. The number of likely N-dealkylation sites (tertiary alicyclic amines) is 1. The quantitative estimate of drug-likeness (QED) is 0.805. The van der Waals surface area contributed by atoms with Crippen LogP contribution in [0.2, 0.25) is 0 Å². The number of hydrogen-bond acceptors (Lipinski definition) is 3. The molecule has 2 rings (SSSR count).